The molecule has 0 atom stereocenters. The van der Waals surface area contributed by atoms with Gasteiger partial charge in [0.05, 0.1) is 5.69 Å². The molecule has 0 bridgehead atoms. The van der Waals surface area contributed by atoms with Gasteiger partial charge in [-0.3, -0.25) is 9.59 Å². The minimum Gasteiger partial charge on any atom is -0.484 e. The Kier molecular flexibility index (Phi) is 6.81. The van der Waals surface area contributed by atoms with E-state index in [1.165, 1.54) is 10.7 Å². The van der Waals surface area contributed by atoms with Gasteiger partial charge >= 0.3 is 0 Å². The van der Waals surface area contributed by atoms with Gasteiger partial charge in [-0.1, -0.05) is 41.9 Å². The Morgan fingerprint density at radius 3 is 2.54 bits per heavy atom. The fraction of sp³-hybridized carbons (Fsp3) is 0.190. The smallest absolute Gasteiger partial charge is 0.266 e. The van der Waals surface area contributed by atoms with Crippen LogP contribution >= 0.6 is 11.6 Å². The molecule has 3 rings (SSSR count). The van der Waals surface area contributed by atoms with Gasteiger partial charge in [-0.15, -0.1) is 0 Å². The van der Waals surface area contributed by atoms with Crippen LogP contribution in [0.25, 0.3) is 11.3 Å². The van der Waals surface area contributed by atoms with E-state index in [1.807, 2.05) is 30.3 Å². The standard InChI is InChI=1S/C21H20ClN3O3/c22-17-7-9-18(10-8-17)28-15-20(26)23-13-4-14-25-21(27)12-11-19(24-25)16-5-2-1-3-6-16/h1-3,5-12H,4,13-15H2,(H,23,26). The maximum absolute atomic E-state index is 12.0. The number of aromatic nitrogens is 2. The Hall–Kier alpha value is -3.12. The molecule has 28 heavy (non-hydrogen) atoms. The zero-order chi connectivity index (χ0) is 19.8. The Balaban J connectivity index is 1.45. The van der Waals surface area contributed by atoms with Gasteiger partial charge in [0.15, 0.2) is 6.61 Å². The molecule has 0 fully saturated rings. The lowest BCUT2D eigenvalue weighted by Crippen LogP contribution is -2.31. The monoisotopic (exact) mass is 397 g/mol. The van der Waals surface area contributed by atoms with Crippen molar-refractivity contribution in [3.8, 4) is 17.0 Å². The Morgan fingerprint density at radius 1 is 1.04 bits per heavy atom. The van der Waals surface area contributed by atoms with E-state index < -0.39 is 0 Å². The third kappa shape index (κ3) is 5.69. The lowest BCUT2D eigenvalue weighted by Gasteiger charge is -2.09. The molecule has 144 valence electrons. The highest BCUT2D eigenvalue weighted by Gasteiger charge is 2.05. The number of nitrogens with one attached hydrogen (secondary N) is 1. The van der Waals surface area contributed by atoms with Crippen LogP contribution in [-0.4, -0.2) is 28.8 Å². The van der Waals surface area contributed by atoms with Crippen molar-refractivity contribution in [2.45, 2.75) is 13.0 Å². The van der Waals surface area contributed by atoms with E-state index in [9.17, 15) is 9.59 Å². The summed E-state index contributed by atoms with van der Waals surface area (Å²) in [5.41, 5.74) is 1.52. The number of hydrogen-bond acceptors (Lipinski definition) is 4. The highest BCUT2D eigenvalue weighted by Crippen LogP contribution is 2.15. The summed E-state index contributed by atoms with van der Waals surface area (Å²) >= 11 is 5.80. The van der Waals surface area contributed by atoms with Crippen molar-refractivity contribution in [2.75, 3.05) is 13.2 Å². The van der Waals surface area contributed by atoms with Crippen LogP contribution in [-0.2, 0) is 11.3 Å². The number of benzene rings is 2. The van der Waals surface area contributed by atoms with Crippen molar-refractivity contribution in [1.82, 2.24) is 15.1 Å². The molecule has 0 aliphatic rings. The molecule has 6 nitrogen and oxygen atoms in total. The van der Waals surface area contributed by atoms with E-state index in [4.69, 9.17) is 16.3 Å². The van der Waals surface area contributed by atoms with Crippen LogP contribution in [0.2, 0.25) is 5.02 Å². The summed E-state index contributed by atoms with van der Waals surface area (Å²) in [5, 5.41) is 7.77. The van der Waals surface area contributed by atoms with Crippen LogP contribution in [0, 0.1) is 0 Å². The van der Waals surface area contributed by atoms with Gasteiger partial charge in [-0.2, -0.15) is 5.10 Å². The molecule has 0 radical (unpaired) electrons. The molecule has 7 heteroatoms. The zero-order valence-corrected chi connectivity index (χ0v) is 15.9. The van der Waals surface area contributed by atoms with Crippen molar-refractivity contribution >= 4 is 17.5 Å². The van der Waals surface area contributed by atoms with Crippen molar-refractivity contribution in [3.63, 3.8) is 0 Å². The molecular weight excluding hydrogens is 378 g/mol. The number of hydrogen-bond donors (Lipinski definition) is 1. The topological polar surface area (TPSA) is 73.2 Å². The molecule has 1 heterocycles. The number of ether oxygens (including phenoxy) is 1. The fourth-order valence-electron chi connectivity index (χ4n) is 2.56. The molecule has 0 saturated heterocycles. The van der Waals surface area contributed by atoms with E-state index in [0.717, 1.165) is 11.3 Å². The second-order valence-corrected chi connectivity index (χ2v) is 6.53. The number of amides is 1. The second-order valence-electron chi connectivity index (χ2n) is 6.09. The number of aryl methyl sites for hydroxylation is 1. The molecule has 2 aromatic carbocycles. The Bertz CT molecular complexity index is 972. The molecule has 0 aliphatic carbocycles. The van der Waals surface area contributed by atoms with Gasteiger partial charge < -0.3 is 10.1 Å². The van der Waals surface area contributed by atoms with Gasteiger partial charge in [0, 0.05) is 29.7 Å². The first-order valence-corrected chi connectivity index (χ1v) is 9.28. The van der Waals surface area contributed by atoms with Gasteiger partial charge in [0.1, 0.15) is 5.75 Å². The number of carbonyl (C=O) groups is 1. The summed E-state index contributed by atoms with van der Waals surface area (Å²) in [6, 6.07) is 19.7. The Labute approximate surface area is 167 Å². The zero-order valence-electron chi connectivity index (χ0n) is 15.2. The summed E-state index contributed by atoms with van der Waals surface area (Å²) in [6.45, 7) is 0.758. The van der Waals surface area contributed by atoms with Crippen molar-refractivity contribution in [3.05, 3.63) is 82.1 Å². The van der Waals surface area contributed by atoms with E-state index in [-0.39, 0.29) is 18.1 Å². The average molecular weight is 398 g/mol. The maximum Gasteiger partial charge on any atom is 0.266 e. The number of carbonyl (C=O) groups excluding carboxylic acids is 1. The highest BCUT2D eigenvalue weighted by molar-refractivity contribution is 6.30. The van der Waals surface area contributed by atoms with Gasteiger partial charge in [-0.05, 0) is 36.8 Å². The SMILES string of the molecule is O=C(COc1ccc(Cl)cc1)NCCCn1nc(-c2ccccc2)ccc1=O. The van der Waals surface area contributed by atoms with E-state index in [1.54, 1.807) is 30.3 Å². The summed E-state index contributed by atoms with van der Waals surface area (Å²) < 4.78 is 6.80. The molecule has 0 aliphatic heterocycles. The molecule has 0 saturated carbocycles. The first kappa shape index (κ1) is 19.6. The first-order chi connectivity index (χ1) is 13.6. The van der Waals surface area contributed by atoms with Gasteiger partial charge in [0.2, 0.25) is 0 Å². The normalized spacial score (nSPS) is 10.5. The van der Waals surface area contributed by atoms with Crippen LogP contribution < -0.4 is 15.6 Å². The summed E-state index contributed by atoms with van der Waals surface area (Å²) in [5.74, 6) is 0.348. The lowest BCUT2D eigenvalue weighted by atomic mass is 10.1. The molecule has 3 aromatic rings. The molecule has 1 amide bonds. The minimum absolute atomic E-state index is 0.0800. The molecule has 1 N–H and O–H groups in total. The van der Waals surface area contributed by atoms with Crippen molar-refractivity contribution in [2.24, 2.45) is 0 Å². The van der Waals surface area contributed by atoms with Crippen molar-refractivity contribution < 1.29 is 9.53 Å². The van der Waals surface area contributed by atoms with Crippen LogP contribution in [0.1, 0.15) is 6.42 Å². The average Bonchev–Trinajstić information content (AvgIpc) is 2.72. The number of nitrogens with zero attached hydrogens (tertiary/aromatic N) is 2. The second kappa shape index (κ2) is 9.71. The third-order valence-corrected chi connectivity index (χ3v) is 4.24. The first-order valence-electron chi connectivity index (χ1n) is 8.90. The minimum atomic E-state index is -0.228. The molecule has 0 spiro atoms. The predicted octanol–water partition coefficient (Wildman–Crippen LogP) is 3.15. The number of rotatable bonds is 8. The summed E-state index contributed by atoms with van der Waals surface area (Å²) in [6.07, 6.45) is 0.581. The fourth-order valence-corrected chi connectivity index (χ4v) is 2.69. The maximum atomic E-state index is 12.0. The Morgan fingerprint density at radius 2 is 1.79 bits per heavy atom. The van der Waals surface area contributed by atoms with Crippen molar-refractivity contribution in [1.29, 1.82) is 0 Å². The molecule has 1 aromatic heterocycles. The molecular formula is C21H20ClN3O3. The van der Waals surface area contributed by atoms with Crippen LogP contribution in [0.5, 0.6) is 5.75 Å². The predicted molar refractivity (Wildman–Crippen MR) is 109 cm³/mol. The van der Waals surface area contributed by atoms with Crippen LogP contribution in [0.4, 0.5) is 0 Å². The quantitative estimate of drug-likeness (QED) is 0.592. The highest BCUT2D eigenvalue weighted by atomic mass is 35.5. The van der Waals surface area contributed by atoms with E-state index in [0.29, 0.717) is 30.3 Å². The lowest BCUT2D eigenvalue weighted by molar-refractivity contribution is -0.123. The number of halogens is 1. The molecule has 0 unspecified atom stereocenters. The summed E-state index contributed by atoms with van der Waals surface area (Å²) in [4.78, 5) is 23.9. The van der Waals surface area contributed by atoms with Gasteiger partial charge in [0.25, 0.3) is 11.5 Å². The van der Waals surface area contributed by atoms with E-state index in [2.05, 4.69) is 10.4 Å². The largest absolute Gasteiger partial charge is 0.484 e. The third-order valence-electron chi connectivity index (χ3n) is 3.99. The van der Waals surface area contributed by atoms with E-state index >= 15 is 0 Å². The van der Waals surface area contributed by atoms with Crippen LogP contribution in [0.3, 0.4) is 0 Å². The van der Waals surface area contributed by atoms with Gasteiger partial charge in [-0.25, -0.2) is 4.68 Å². The van der Waals surface area contributed by atoms with Crippen LogP contribution in [0.15, 0.2) is 71.5 Å². The summed E-state index contributed by atoms with van der Waals surface area (Å²) in [7, 11) is 0.